The minimum atomic E-state index is 0.662. The monoisotopic (exact) mass is 718 g/mol. The molecule has 0 aliphatic heterocycles. The summed E-state index contributed by atoms with van der Waals surface area (Å²) in [6.45, 7) is 0. The van der Waals surface area contributed by atoms with E-state index >= 15 is 0 Å². The Hall–Kier alpha value is -7.37. The van der Waals surface area contributed by atoms with Crippen molar-refractivity contribution in [3.05, 3.63) is 188 Å². The normalized spacial score (nSPS) is 12.9. The SMILES string of the molecule is C1=CC(c2nc(-c3ccccc3)nc(-c3ccc(-c4cccc(-n5c6ccccc6c6ccc(-c7ccc8oc9ccccc9c8c7)cc65)c4)cc3)n2)=CCC1. The summed E-state index contributed by atoms with van der Waals surface area (Å²) >= 11 is 0. The first-order valence-electron chi connectivity index (χ1n) is 19.1. The van der Waals surface area contributed by atoms with Gasteiger partial charge in [0.05, 0.1) is 11.0 Å². The summed E-state index contributed by atoms with van der Waals surface area (Å²) in [6.07, 6.45) is 8.54. The van der Waals surface area contributed by atoms with Gasteiger partial charge in [-0.2, -0.15) is 0 Å². The van der Waals surface area contributed by atoms with Crippen molar-refractivity contribution in [2.75, 3.05) is 0 Å². The van der Waals surface area contributed by atoms with Crippen molar-refractivity contribution in [1.82, 2.24) is 19.5 Å². The average Bonchev–Trinajstić information content (AvgIpc) is 3.82. The fourth-order valence-corrected chi connectivity index (χ4v) is 8.10. The Kier molecular flexibility index (Phi) is 7.56. The van der Waals surface area contributed by atoms with Crippen LogP contribution in [-0.4, -0.2) is 19.5 Å². The third-order valence-electron chi connectivity index (χ3n) is 10.9. The van der Waals surface area contributed by atoms with Crippen LogP contribution in [0, 0.1) is 0 Å². The van der Waals surface area contributed by atoms with Crippen molar-refractivity contribution in [3.8, 4) is 50.7 Å². The summed E-state index contributed by atoms with van der Waals surface area (Å²) in [5.41, 5.74) is 12.8. The van der Waals surface area contributed by atoms with Crippen molar-refractivity contribution >= 4 is 49.3 Å². The largest absolute Gasteiger partial charge is 0.456 e. The van der Waals surface area contributed by atoms with Gasteiger partial charge < -0.3 is 8.98 Å². The lowest BCUT2D eigenvalue weighted by molar-refractivity contribution is 0.669. The summed E-state index contributed by atoms with van der Waals surface area (Å²) in [4.78, 5) is 14.8. The molecule has 10 aromatic rings. The highest BCUT2D eigenvalue weighted by atomic mass is 16.3. The molecule has 1 aliphatic rings. The number of furan rings is 1. The zero-order valence-electron chi connectivity index (χ0n) is 30.4. The van der Waals surface area contributed by atoms with Crippen LogP contribution in [0.2, 0.25) is 0 Å². The predicted molar refractivity (Wildman–Crippen MR) is 230 cm³/mol. The fourth-order valence-electron chi connectivity index (χ4n) is 8.10. The zero-order valence-corrected chi connectivity index (χ0v) is 30.4. The van der Waals surface area contributed by atoms with Gasteiger partial charge in [-0.1, -0.05) is 140 Å². The second kappa shape index (κ2) is 13.2. The van der Waals surface area contributed by atoms with Gasteiger partial charge >= 0.3 is 0 Å². The van der Waals surface area contributed by atoms with Crippen molar-refractivity contribution in [2.45, 2.75) is 12.8 Å². The van der Waals surface area contributed by atoms with Gasteiger partial charge in [-0.3, -0.25) is 0 Å². The fraction of sp³-hybridized carbons (Fsp3) is 0.0392. The van der Waals surface area contributed by atoms with Crippen LogP contribution in [0.1, 0.15) is 18.7 Å². The Morgan fingerprint density at radius 3 is 1.88 bits per heavy atom. The molecule has 264 valence electrons. The maximum Gasteiger partial charge on any atom is 0.164 e. The molecule has 0 atom stereocenters. The van der Waals surface area contributed by atoms with Gasteiger partial charge in [-0.05, 0) is 77.6 Å². The average molecular weight is 719 g/mol. The number of nitrogens with zero attached hydrogens (tertiary/aromatic N) is 4. The molecule has 56 heavy (non-hydrogen) atoms. The van der Waals surface area contributed by atoms with Gasteiger partial charge in [0.2, 0.25) is 0 Å². The molecule has 7 aromatic carbocycles. The van der Waals surface area contributed by atoms with E-state index in [9.17, 15) is 0 Å². The van der Waals surface area contributed by atoms with Gasteiger partial charge in [0, 0.05) is 43.9 Å². The van der Waals surface area contributed by atoms with Crippen LogP contribution in [0.25, 0.3) is 100 Å². The van der Waals surface area contributed by atoms with E-state index < -0.39 is 0 Å². The van der Waals surface area contributed by atoms with E-state index in [1.807, 2.05) is 42.5 Å². The van der Waals surface area contributed by atoms with Crippen LogP contribution in [0.15, 0.2) is 186 Å². The van der Waals surface area contributed by atoms with E-state index in [4.69, 9.17) is 19.4 Å². The lowest BCUT2D eigenvalue weighted by Gasteiger charge is -2.12. The molecule has 0 bridgehead atoms. The lowest BCUT2D eigenvalue weighted by Crippen LogP contribution is -2.03. The summed E-state index contributed by atoms with van der Waals surface area (Å²) in [6, 6.07) is 57.8. The van der Waals surface area contributed by atoms with Crippen LogP contribution < -0.4 is 0 Å². The van der Waals surface area contributed by atoms with E-state index in [1.165, 1.54) is 16.3 Å². The lowest BCUT2D eigenvalue weighted by atomic mass is 10.0. The maximum atomic E-state index is 6.14. The Morgan fingerprint density at radius 2 is 1.04 bits per heavy atom. The Labute approximate surface area is 323 Å². The van der Waals surface area contributed by atoms with Crippen LogP contribution in [0.4, 0.5) is 0 Å². The second-order valence-corrected chi connectivity index (χ2v) is 14.3. The smallest absolute Gasteiger partial charge is 0.164 e. The van der Waals surface area contributed by atoms with Gasteiger partial charge in [0.1, 0.15) is 11.2 Å². The minimum absolute atomic E-state index is 0.662. The van der Waals surface area contributed by atoms with Crippen LogP contribution in [-0.2, 0) is 0 Å². The number of aromatic nitrogens is 4. The molecular weight excluding hydrogens is 685 g/mol. The highest BCUT2D eigenvalue weighted by molar-refractivity contribution is 6.11. The van der Waals surface area contributed by atoms with Crippen molar-refractivity contribution in [3.63, 3.8) is 0 Å². The van der Waals surface area contributed by atoms with Crippen LogP contribution in [0.3, 0.4) is 0 Å². The predicted octanol–water partition coefficient (Wildman–Crippen LogP) is 13.3. The van der Waals surface area contributed by atoms with E-state index in [2.05, 4.69) is 144 Å². The van der Waals surface area contributed by atoms with Gasteiger partial charge in [-0.25, -0.2) is 15.0 Å². The summed E-state index contributed by atoms with van der Waals surface area (Å²) in [7, 11) is 0. The molecule has 3 aromatic heterocycles. The van der Waals surface area contributed by atoms with E-state index in [0.717, 1.165) is 84.9 Å². The molecule has 0 radical (unpaired) electrons. The first-order chi connectivity index (χ1) is 27.7. The topological polar surface area (TPSA) is 56.7 Å². The molecule has 5 heteroatoms. The van der Waals surface area contributed by atoms with Crippen molar-refractivity contribution < 1.29 is 4.42 Å². The highest BCUT2D eigenvalue weighted by Crippen LogP contribution is 2.38. The Morgan fingerprint density at radius 1 is 0.411 bits per heavy atom. The molecule has 3 heterocycles. The molecule has 0 saturated heterocycles. The molecule has 1 aliphatic carbocycles. The molecule has 5 nitrogen and oxygen atoms in total. The number of fused-ring (bicyclic) bond motifs is 6. The Balaban J connectivity index is 0.984. The van der Waals surface area contributed by atoms with Gasteiger partial charge in [0.25, 0.3) is 0 Å². The first-order valence-corrected chi connectivity index (χ1v) is 19.1. The third kappa shape index (κ3) is 5.52. The highest BCUT2D eigenvalue weighted by Gasteiger charge is 2.17. The molecule has 0 spiro atoms. The number of benzene rings is 7. The van der Waals surface area contributed by atoms with Gasteiger partial charge in [-0.15, -0.1) is 0 Å². The molecule has 0 saturated carbocycles. The summed E-state index contributed by atoms with van der Waals surface area (Å²) in [5, 5.41) is 4.71. The second-order valence-electron chi connectivity index (χ2n) is 14.3. The minimum Gasteiger partial charge on any atom is -0.456 e. The summed E-state index contributed by atoms with van der Waals surface area (Å²) < 4.78 is 8.53. The van der Waals surface area contributed by atoms with E-state index in [1.54, 1.807) is 0 Å². The van der Waals surface area contributed by atoms with Crippen molar-refractivity contribution in [1.29, 1.82) is 0 Å². The third-order valence-corrected chi connectivity index (χ3v) is 10.9. The van der Waals surface area contributed by atoms with E-state index in [-0.39, 0.29) is 0 Å². The zero-order chi connectivity index (χ0) is 37.0. The van der Waals surface area contributed by atoms with Crippen LogP contribution in [0.5, 0.6) is 0 Å². The number of para-hydroxylation sites is 2. The van der Waals surface area contributed by atoms with E-state index in [0.29, 0.717) is 17.5 Å². The maximum absolute atomic E-state index is 6.14. The summed E-state index contributed by atoms with van der Waals surface area (Å²) in [5.74, 6) is 2.04. The standard InChI is InChI=1S/C51H34N4O/c1-3-12-34(13-4-1)49-52-50(35-14-5-2-6-15-35)54-51(53-49)36-24-22-33(23-25-36)37-16-11-17-40(30-37)55-45-20-9-7-18-41(45)42-28-26-39(32-46(42)55)38-27-29-48-44(31-38)43-19-8-10-21-47(43)56-48/h1,3-5,7-32H,2,6H2. The number of allylic oxidation sites excluding steroid dienone is 4. The molecule has 0 fully saturated rings. The molecule has 11 rings (SSSR count). The molecule has 0 N–H and O–H groups in total. The number of hydrogen-bond acceptors (Lipinski definition) is 4. The molecule has 0 amide bonds. The Bertz CT molecular complexity index is 3190. The van der Waals surface area contributed by atoms with Gasteiger partial charge in [0.15, 0.2) is 17.5 Å². The first kappa shape index (κ1) is 32.1. The number of hydrogen-bond donors (Lipinski definition) is 0. The van der Waals surface area contributed by atoms with Crippen LogP contribution >= 0.6 is 0 Å². The quantitative estimate of drug-likeness (QED) is 0.172. The molecule has 0 unspecified atom stereocenters. The van der Waals surface area contributed by atoms with Crippen molar-refractivity contribution in [2.24, 2.45) is 0 Å². The molecular formula is C51H34N4O. The number of rotatable bonds is 6.